The van der Waals surface area contributed by atoms with E-state index in [1.807, 2.05) is 44.3 Å². The number of rotatable bonds is 3. The molecule has 0 radical (unpaired) electrons. The molecule has 5 nitrogen and oxygen atoms in total. The van der Waals surface area contributed by atoms with Crippen molar-refractivity contribution in [3.05, 3.63) is 29.7 Å². The summed E-state index contributed by atoms with van der Waals surface area (Å²) in [5.74, 6) is 1.05. The molecule has 2 aromatic heterocycles. The van der Waals surface area contributed by atoms with Crippen LogP contribution in [0.1, 0.15) is 11.1 Å². The van der Waals surface area contributed by atoms with Crippen molar-refractivity contribution < 1.29 is 0 Å². The molecule has 16 heavy (non-hydrogen) atoms. The van der Waals surface area contributed by atoms with Crippen LogP contribution >= 0.6 is 12.4 Å². The molecule has 0 atom stereocenters. The third-order valence-electron chi connectivity index (χ3n) is 2.34. The lowest BCUT2D eigenvalue weighted by Gasteiger charge is -2.05. The van der Waals surface area contributed by atoms with Crippen molar-refractivity contribution >= 4 is 18.2 Å². The molecule has 0 aliphatic carbocycles. The van der Waals surface area contributed by atoms with Crippen LogP contribution in [0, 0.1) is 6.92 Å². The molecule has 0 aliphatic heterocycles. The minimum Gasteiger partial charge on any atom is -0.366 e. The van der Waals surface area contributed by atoms with E-state index in [1.165, 1.54) is 0 Å². The van der Waals surface area contributed by atoms with Crippen LogP contribution in [0.25, 0.3) is 0 Å². The first kappa shape index (κ1) is 12.6. The Balaban J connectivity index is 0.00000128. The van der Waals surface area contributed by atoms with Gasteiger partial charge in [-0.25, -0.2) is 0 Å². The topological polar surface area (TPSA) is 47.7 Å². The number of hydrogen-bond donors (Lipinski definition) is 1. The maximum absolute atomic E-state index is 4.17. The molecule has 0 aromatic carbocycles. The molecule has 0 saturated carbocycles. The highest BCUT2D eigenvalue weighted by Crippen LogP contribution is 2.13. The van der Waals surface area contributed by atoms with Gasteiger partial charge in [-0.15, -0.1) is 12.4 Å². The van der Waals surface area contributed by atoms with Gasteiger partial charge in [-0.3, -0.25) is 9.36 Å². The van der Waals surface area contributed by atoms with Gasteiger partial charge in [0.2, 0.25) is 0 Å². The van der Waals surface area contributed by atoms with E-state index < -0.39 is 0 Å². The Labute approximate surface area is 101 Å². The minimum atomic E-state index is 0. The monoisotopic (exact) mass is 241 g/mol. The van der Waals surface area contributed by atoms with Gasteiger partial charge >= 0.3 is 0 Å². The fourth-order valence-corrected chi connectivity index (χ4v) is 1.55. The first-order valence-corrected chi connectivity index (χ1v) is 4.87. The fourth-order valence-electron chi connectivity index (χ4n) is 1.55. The number of aryl methyl sites for hydroxylation is 3. The molecule has 0 aliphatic rings. The van der Waals surface area contributed by atoms with Crippen molar-refractivity contribution in [2.75, 3.05) is 5.32 Å². The van der Waals surface area contributed by atoms with Crippen LogP contribution in [0.15, 0.2) is 18.6 Å². The van der Waals surface area contributed by atoms with Gasteiger partial charge in [-0.2, -0.15) is 10.2 Å². The van der Waals surface area contributed by atoms with Crippen LogP contribution < -0.4 is 5.32 Å². The van der Waals surface area contributed by atoms with E-state index in [-0.39, 0.29) is 12.4 Å². The zero-order chi connectivity index (χ0) is 10.8. The van der Waals surface area contributed by atoms with E-state index in [0.29, 0.717) is 0 Å². The zero-order valence-corrected chi connectivity index (χ0v) is 10.5. The van der Waals surface area contributed by atoms with Crippen LogP contribution in [0.5, 0.6) is 0 Å². The summed E-state index contributed by atoms with van der Waals surface area (Å²) in [6.45, 7) is 2.81. The number of nitrogens with zero attached hydrogens (tertiary/aromatic N) is 4. The quantitative estimate of drug-likeness (QED) is 0.886. The summed E-state index contributed by atoms with van der Waals surface area (Å²) in [5, 5.41) is 11.6. The summed E-state index contributed by atoms with van der Waals surface area (Å²) in [5.41, 5.74) is 2.32. The van der Waals surface area contributed by atoms with E-state index >= 15 is 0 Å². The van der Waals surface area contributed by atoms with Gasteiger partial charge in [0.1, 0.15) is 5.82 Å². The van der Waals surface area contributed by atoms with Crippen LogP contribution in [0.4, 0.5) is 5.82 Å². The molecule has 2 rings (SSSR count). The Hall–Kier alpha value is -1.49. The van der Waals surface area contributed by atoms with Crippen molar-refractivity contribution in [3.8, 4) is 0 Å². The largest absolute Gasteiger partial charge is 0.366 e. The van der Waals surface area contributed by atoms with E-state index in [0.717, 1.165) is 23.5 Å². The smallest absolute Gasteiger partial charge is 0.127 e. The van der Waals surface area contributed by atoms with E-state index in [9.17, 15) is 0 Å². The number of anilines is 1. The minimum absolute atomic E-state index is 0. The molecular formula is C10H16ClN5. The van der Waals surface area contributed by atoms with Crippen LogP contribution in [-0.4, -0.2) is 19.6 Å². The van der Waals surface area contributed by atoms with Gasteiger partial charge in [-0.1, -0.05) is 0 Å². The van der Waals surface area contributed by atoms with Crippen LogP contribution in [0.3, 0.4) is 0 Å². The molecule has 2 aromatic rings. The average Bonchev–Trinajstić information content (AvgIpc) is 2.73. The van der Waals surface area contributed by atoms with Gasteiger partial charge in [0, 0.05) is 38.0 Å². The molecular weight excluding hydrogens is 226 g/mol. The molecule has 1 N–H and O–H groups in total. The second-order valence-corrected chi connectivity index (χ2v) is 3.68. The second-order valence-electron chi connectivity index (χ2n) is 3.68. The first-order valence-electron chi connectivity index (χ1n) is 4.87. The normalized spacial score (nSPS) is 9.94. The molecule has 2 heterocycles. The lowest BCUT2D eigenvalue weighted by Crippen LogP contribution is -2.05. The molecule has 0 spiro atoms. The number of aromatic nitrogens is 4. The lowest BCUT2D eigenvalue weighted by atomic mass is 10.3. The van der Waals surface area contributed by atoms with Crippen LogP contribution in [-0.2, 0) is 20.6 Å². The summed E-state index contributed by atoms with van der Waals surface area (Å²) in [6, 6.07) is 0. The van der Waals surface area contributed by atoms with Gasteiger partial charge in [-0.05, 0) is 6.92 Å². The lowest BCUT2D eigenvalue weighted by molar-refractivity contribution is 0.764. The Morgan fingerprint density at radius 1 is 1.25 bits per heavy atom. The van der Waals surface area contributed by atoms with Crippen molar-refractivity contribution in [1.82, 2.24) is 19.6 Å². The molecule has 0 amide bonds. The maximum Gasteiger partial charge on any atom is 0.127 e. The second kappa shape index (κ2) is 5.03. The number of halogens is 1. The average molecular weight is 242 g/mol. The molecule has 6 heteroatoms. The van der Waals surface area contributed by atoms with E-state index in [2.05, 4.69) is 15.5 Å². The van der Waals surface area contributed by atoms with Crippen molar-refractivity contribution in [1.29, 1.82) is 0 Å². The Kier molecular flexibility index (Phi) is 3.95. The molecule has 0 saturated heterocycles. The Bertz CT molecular complexity index is 440. The first-order chi connectivity index (χ1) is 7.16. The summed E-state index contributed by atoms with van der Waals surface area (Å²) in [7, 11) is 3.84. The third-order valence-corrected chi connectivity index (χ3v) is 2.34. The Morgan fingerprint density at radius 3 is 2.50 bits per heavy atom. The third kappa shape index (κ3) is 2.55. The Morgan fingerprint density at radius 2 is 2.00 bits per heavy atom. The maximum atomic E-state index is 4.17. The predicted molar refractivity (Wildman–Crippen MR) is 65.7 cm³/mol. The van der Waals surface area contributed by atoms with Crippen molar-refractivity contribution in [2.45, 2.75) is 13.5 Å². The summed E-state index contributed by atoms with van der Waals surface area (Å²) in [4.78, 5) is 0. The van der Waals surface area contributed by atoms with Crippen LogP contribution in [0.2, 0.25) is 0 Å². The predicted octanol–water partition coefficient (Wildman–Crippen LogP) is 1.50. The van der Waals surface area contributed by atoms with Gasteiger partial charge in [0.05, 0.1) is 12.4 Å². The highest BCUT2D eigenvalue weighted by molar-refractivity contribution is 5.85. The highest BCUT2D eigenvalue weighted by atomic mass is 35.5. The van der Waals surface area contributed by atoms with Gasteiger partial charge < -0.3 is 5.32 Å². The fraction of sp³-hybridized carbons (Fsp3) is 0.400. The summed E-state index contributed by atoms with van der Waals surface area (Å²) in [6.07, 6.45) is 5.71. The molecule has 0 fully saturated rings. The number of hydrogen-bond acceptors (Lipinski definition) is 3. The van der Waals surface area contributed by atoms with E-state index in [1.54, 1.807) is 4.68 Å². The molecule has 0 unspecified atom stereocenters. The SMILES string of the molecule is Cc1cnn(C)c1NCc1cnn(C)c1.Cl. The highest BCUT2D eigenvalue weighted by Gasteiger charge is 2.03. The standard InChI is InChI=1S/C10H15N5.ClH/c1-8-4-13-15(3)10(8)11-5-9-6-12-14(2)7-9;/h4,6-7,11H,5H2,1-3H3;1H. The van der Waals surface area contributed by atoms with E-state index in [4.69, 9.17) is 0 Å². The van der Waals surface area contributed by atoms with Crippen molar-refractivity contribution in [3.63, 3.8) is 0 Å². The summed E-state index contributed by atoms with van der Waals surface area (Å²) >= 11 is 0. The van der Waals surface area contributed by atoms with Gasteiger partial charge in [0.25, 0.3) is 0 Å². The van der Waals surface area contributed by atoms with Crippen molar-refractivity contribution in [2.24, 2.45) is 14.1 Å². The summed E-state index contributed by atoms with van der Waals surface area (Å²) < 4.78 is 3.64. The number of nitrogens with one attached hydrogen (secondary N) is 1. The zero-order valence-electron chi connectivity index (χ0n) is 9.64. The molecule has 88 valence electrons. The molecule has 0 bridgehead atoms. The van der Waals surface area contributed by atoms with Gasteiger partial charge in [0.15, 0.2) is 0 Å².